The molecule has 5 rings (SSSR count). The van der Waals surface area contributed by atoms with E-state index in [4.69, 9.17) is 21.3 Å². The van der Waals surface area contributed by atoms with Crippen LogP contribution in [0.1, 0.15) is 12.1 Å². The van der Waals surface area contributed by atoms with E-state index in [9.17, 15) is 0 Å². The van der Waals surface area contributed by atoms with E-state index in [1.807, 2.05) is 24.3 Å². The van der Waals surface area contributed by atoms with Gasteiger partial charge in [0.05, 0.1) is 18.5 Å². The summed E-state index contributed by atoms with van der Waals surface area (Å²) in [5.41, 5.74) is 6.60. The Bertz CT molecular complexity index is 1230. The van der Waals surface area contributed by atoms with Crippen molar-refractivity contribution in [2.75, 3.05) is 40.3 Å². The molecule has 4 aromatic rings. The standard InChI is InChI=1S/C27H29ClN4O/c1-30-14-3-15-31(17-16-30)19-25-27(21-4-9-23(28)10-5-21)29-26-13-8-22(18-32(25)26)20-6-11-24(33-2)12-7-20/h4-13,18H,3,14-17,19H2,1-2H3. The number of fused-ring (bicyclic) bond motifs is 1. The lowest BCUT2D eigenvalue weighted by Crippen LogP contribution is -2.29. The summed E-state index contributed by atoms with van der Waals surface area (Å²) in [5, 5.41) is 0.737. The Kier molecular flexibility index (Phi) is 6.36. The maximum Gasteiger partial charge on any atom is 0.137 e. The van der Waals surface area contributed by atoms with Crippen LogP contribution >= 0.6 is 11.6 Å². The smallest absolute Gasteiger partial charge is 0.137 e. The topological polar surface area (TPSA) is 33.0 Å². The summed E-state index contributed by atoms with van der Waals surface area (Å²) in [7, 11) is 3.90. The molecule has 1 aliphatic heterocycles. The van der Waals surface area contributed by atoms with E-state index >= 15 is 0 Å². The van der Waals surface area contributed by atoms with Gasteiger partial charge in [0, 0.05) is 36.4 Å². The van der Waals surface area contributed by atoms with Gasteiger partial charge in [0.2, 0.25) is 0 Å². The maximum absolute atomic E-state index is 6.17. The summed E-state index contributed by atoms with van der Waals surface area (Å²) in [4.78, 5) is 10.0. The second kappa shape index (κ2) is 9.56. The lowest BCUT2D eigenvalue weighted by molar-refractivity contribution is 0.266. The van der Waals surface area contributed by atoms with Gasteiger partial charge in [-0.3, -0.25) is 4.90 Å². The van der Waals surface area contributed by atoms with Gasteiger partial charge in [-0.05, 0) is 74.1 Å². The highest BCUT2D eigenvalue weighted by Crippen LogP contribution is 2.30. The lowest BCUT2D eigenvalue weighted by Gasteiger charge is -2.21. The first-order chi connectivity index (χ1) is 16.1. The van der Waals surface area contributed by atoms with Crippen LogP contribution in [0.2, 0.25) is 5.02 Å². The summed E-state index contributed by atoms with van der Waals surface area (Å²) in [6.45, 7) is 5.25. The van der Waals surface area contributed by atoms with E-state index < -0.39 is 0 Å². The first-order valence-corrected chi connectivity index (χ1v) is 11.8. The number of pyridine rings is 1. The van der Waals surface area contributed by atoms with Crippen molar-refractivity contribution in [3.63, 3.8) is 0 Å². The van der Waals surface area contributed by atoms with E-state index in [1.54, 1.807) is 7.11 Å². The third kappa shape index (κ3) is 4.76. The second-order valence-corrected chi connectivity index (χ2v) is 9.16. The van der Waals surface area contributed by atoms with Crippen molar-refractivity contribution >= 4 is 17.2 Å². The highest BCUT2D eigenvalue weighted by Gasteiger charge is 2.19. The molecule has 33 heavy (non-hydrogen) atoms. The molecule has 1 fully saturated rings. The van der Waals surface area contributed by atoms with E-state index in [-0.39, 0.29) is 0 Å². The Balaban J connectivity index is 1.58. The lowest BCUT2D eigenvalue weighted by atomic mass is 10.1. The van der Waals surface area contributed by atoms with Gasteiger partial charge >= 0.3 is 0 Å². The fraction of sp³-hybridized carbons (Fsp3) is 0.296. The first-order valence-electron chi connectivity index (χ1n) is 11.4. The number of aromatic nitrogens is 2. The summed E-state index contributed by atoms with van der Waals surface area (Å²) >= 11 is 6.17. The molecule has 5 nitrogen and oxygen atoms in total. The number of hydrogen-bond donors (Lipinski definition) is 0. The van der Waals surface area contributed by atoms with Crippen LogP contribution in [0.25, 0.3) is 28.0 Å². The molecule has 0 atom stereocenters. The zero-order chi connectivity index (χ0) is 22.8. The number of hydrogen-bond acceptors (Lipinski definition) is 4. The van der Waals surface area contributed by atoms with Crippen LogP contribution in [0.5, 0.6) is 5.75 Å². The number of ether oxygens (including phenoxy) is 1. The number of benzene rings is 2. The highest BCUT2D eigenvalue weighted by atomic mass is 35.5. The molecule has 1 aliphatic rings. The summed E-state index contributed by atoms with van der Waals surface area (Å²) in [6.07, 6.45) is 3.39. The Morgan fingerprint density at radius 1 is 0.848 bits per heavy atom. The number of likely N-dealkylation sites (N-methyl/N-ethyl adjacent to an activating group) is 1. The molecule has 170 valence electrons. The molecular weight excluding hydrogens is 432 g/mol. The fourth-order valence-corrected chi connectivity index (χ4v) is 4.63. The van der Waals surface area contributed by atoms with E-state index in [1.165, 1.54) is 12.1 Å². The third-order valence-electron chi connectivity index (χ3n) is 6.44. The monoisotopic (exact) mass is 460 g/mol. The van der Waals surface area contributed by atoms with E-state index in [2.05, 4.69) is 63.8 Å². The number of halogens is 1. The minimum Gasteiger partial charge on any atom is -0.497 e. The highest BCUT2D eigenvalue weighted by molar-refractivity contribution is 6.30. The van der Waals surface area contributed by atoms with Crippen molar-refractivity contribution in [2.24, 2.45) is 0 Å². The van der Waals surface area contributed by atoms with Crippen molar-refractivity contribution in [3.05, 3.63) is 77.6 Å². The zero-order valence-electron chi connectivity index (χ0n) is 19.2. The maximum atomic E-state index is 6.17. The molecule has 0 N–H and O–H groups in total. The SMILES string of the molecule is COc1ccc(-c2ccc3nc(-c4ccc(Cl)cc4)c(CN4CCCN(C)CC4)n3c2)cc1. The average Bonchev–Trinajstić information content (AvgIpc) is 3.06. The molecule has 2 aromatic heterocycles. The molecule has 0 bridgehead atoms. The number of methoxy groups -OCH3 is 1. The normalized spacial score (nSPS) is 15.6. The minimum atomic E-state index is 0.737. The van der Waals surface area contributed by atoms with Crippen molar-refractivity contribution in [2.45, 2.75) is 13.0 Å². The van der Waals surface area contributed by atoms with Gasteiger partial charge in [-0.2, -0.15) is 0 Å². The van der Waals surface area contributed by atoms with Crippen molar-refractivity contribution in [1.82, 2.24) is 19.2 Å². The Morgan fingerprint density at radius 2 is 1.58 bits per heavy atom. The van der Waals surface area contributed by atoms with Crippen molar-refractivity contribution < 1.29 is 4.74 Å². The van der Waals surface area contributed by atoms with Gasteiger partial charge < -0.3 is 14.0 Å². The molecule has 3 heterocycles. The van der Waals surface area contributed by atoms with Crippen molar-refractivity contribution in [3.8, 4) is 28.1 Å². The fourth-order valence-electron chi connectivity index (χ4n) is 4.51. The molecule has 0 unspecified atom stereocenters. The van der Waals surface area contributed by atoms with Crippen LogP contribution in [-0.2, 0) is 6.54 Å². The van der Waals surface area contributed by atoms with Gasteiger partial charge in [0.15, 0.2) is 0 Å². The molecule has 0 spiro atoms. The molecule has 0 saturated carbocycles. The predicted molar refractivity (Wildman–Crippen MR) is 135 cm³/mol. The molecule has 6 heteroatoms. The van der Waals surface area contributed by atoms with Crippen molar-refractivity contribution in [1.29, 1.82) is 0 Å². The van der Waals surface area contributed by atoms with E-state index in [0.29, 0.717) is 0 Å². The Labute approximate surface area is 200 Å². The molecule has 0 aliphatic carbocycles. The Hall–Kier alpha value is -2.86. The van der Waals surface area contributed by atoms with E-state index in [0.717, 1.165) is 71.5 Å². The predicted octanol–water partition coefficient (Wildman–Crippen LogP) is 5.47. The average molecular weight is 461 g/mol. The van der Waals surface area contributed by atoms with Crippen LogP contribution in [-0.4, -0.2) is 59.5 Å². The molecular formula is C27H29ClN4O. The largest absolute Gasteiger partial charge is 0.497 e. The minimum absolute atomic E-state index is 0.737. The van der Waals surface area contributed by atoms with Crippen LogP contribution in [0.15, 0.2) is 66.9 Å². The summed E-state index contributed by atoms with van der Waals surface area (Å²) in [6, 6.07) is 20.5. The number of rotatable bonds is 5. The number of nitrogens with zero attached hydrogens (tertiary/aromatic N) is 4. The molecule has 0 radical (unpaired) electrons. The van der Waals surface area contributed by atoms with Crippen LogP contribution in [0.4, 0.5) is 0 Å². The molecule has 0 amide bonds. The molecule has 1 saturated heterocycles. The number of imidazole rings is 1. The first kappa shape index (κ1) is 22.0. The van der Waals surface area contributed by atoms with Gasteiger partial charge in [0.1, 0.15) is 11.4 Å². The van der Waals surface area contributed by atoms with Crippen LogP contribution in [0, 0.1) is 0 Å². The van der Waals surface area contributed by atoms with Gasteiger partial charge in [-0.25, -0.2) is 4.98 Å². The molecule has 2 aromatic carbocycles. The summed E-state index contributed by atoms with van der Waals surface area (Å²) < 4.78 is 7.59. The second-order valence-electron chi connectivity index (χ2n) is 8.72. The Morgan fingerprint density at radius 3 is 2.33 bits per heavy atom. The van der Waals surface area contributed by atoms with Crippen LogP contribution < -0.4 is 4.74 Å². The van der Waals surface area contributed by atoms with Gasteiger partial charge in [-0.1, -0.05) is 35.9 Å². The summed E-state index contributed by atoms with van der Waals surface area (Å²) in [5.74, 6) is 0.860. The van der Waals surface area contributed by atoms with Crippen LogP contribution in [0.3, 0.4) is 0 Å². The quantitative estimate of drug-likeness (QED) is 0.395. The third-order valence-corrected chi connectivity index (χ3v) is 6.70. The van der Waals surface area contributed by atoms with Gasteiger partial charge in [0.25, 0.3) is 0 Å². The van der Waals surface area contributed by atoms with Gasteiger partial charge in [-0.15, -0.1) is 0 Å². The zero-order valence-corrected chi connectivity index (χ0v) is 19.9.